The molecule has 6 aliphatic rings. The molecule has 4 aliphatic carbocycles. The van der Waals surface area contributed by atoms with Crippen LogP contribution in [0.15, 0.2) is 71.2 Å². The Kier molecular flexibility index (Phi) is 3.98. The van der Waals surface area contributed by atoms with Gasteiger partial charge in [-0.15, -0.1) is 0 Å². The molecule has 3 aromatic rings. The number of amides is 4. The molecule has 1 aromatic heterocycles. The summed E-state index contributed by atoms with van der Waals surface area (Å²) >= 11 is 0. The number of allylic oxidation sites excluding steroid dienone is 4. The van der Waals surface area contributed by atoms with E-state index >= 15 is 0 Å². The van der Waals surface area contributed by atoms with Gasteiger partial charge in [-0.3, -0.25) is 24.1 Å². The van der Waals surface area contributed by atoms with Crippen molar-refractivity contribution in [1.82, 2.24) is 4.98 Å². The highest BCUT2D eigenvalue weighted by atomic mass is 16.3. The number of carbonyl (C=O) groups is 4. The monoisotopic (exact) mass is 517 g/mol. The van der Waals surface area contributed by atoms with Crippen LogP contribution in [0.2, 0.25) is 0 Å². The van der Waals surface area contributed by atoms with E-state index in [0.717, 1.165) is 12.8 Å². The van der Waals surface area contributed by atoms with Crippen LogP contribution in [0.1, 0.15) is 12.8 Å². The number of nitrogens with zero attached hydrogens (tertiary/aromatic N) is 3. The first-order valence-electron chi connectivity index (χ1n) is 13.6. The van der Waals surface area contributed by atoms with Crippen LogP contribution in [0.4, 0.5) is 11.4 Å². The van der Waals surface area contributed by atoms with Crippen LogP contribution in [0.3, 0.4) is 0 Å². The van der Waals surface area contributed by atoms with E-state index in [1.54, 1.807) is 42.5 Å². The topological polar surface area (TPSA) is 101 Å². The molecule has 2 saturated heterocycles. The van der Waals surface area contributed by atoms with Gasteiger partial charge >= 0.3 is 0 Å². The second-order valence-corrected chi connectivity index (χ2v) is 11.7. The van der Waals surface area contributed by atoms with Crippen LogP contribution in [0.5, 0.6) is 0 Å². The number of anilines is 2. The Morgan fingerprint density at radius 3 is 1.59 bits per heavy atom. The molecule has 2 aromatic carbocycles. The van der Waals surface area contributed by atoms with Crippen LogP contribution >= 0.6 is 0 Å². The summed E-state index contributed by atoms with van der Waals surface area (Å²) in [5, 5.41) is 0. The average molecular weight is 518 g/mol. The number of rotatable bonds is 3. The Balaban J connectivity index is 0.997. The zero-order valence-corrected chi connectivity index (χ0v) is 20.8. The predicted octanol–water partition coefficient (Wildman–Crippen LogP) is 4.12. The van der Waals surface area contributed by atoms with Crippen LogP contribution in [0.25, 0.3) is 22.6 Å². The Morgan fingerprint density at radius 2 is 1.08 bits per heavy atom. The van der Waals surface area contributed by atoms with Crippen LogP contribution in [-0.2, 0) is 19.2 Å². The van der Waals surface area contributed by atoms with Gasteiger partial charge in [0.15, 0.2) is 5.58 Å². The second-order valence-electron chi connectivity index (χ2n) is 11.7. The van der Waals surface area contributed by atoms with Gasteiger partial charge in [0.2, 0.25) is 29.5 Å². The van der Waals surface area contributed by atoms with Gasteiger partial charge < -0.3 is 4.42 Å². The van der Waals surface area contributed by atoms with Gasteiger partial charge in [0.25, 0.3) is 0 Å². The number of aromatic nitrogens is 1. The van der Waals surface area contributed by atoms with Gasteiger partial charge in [-0.2, -0.15) is 0 Å². The molecule has 8 atom stereocenters. The van der Waals surface area contributed by atoms with Crippen molar-refractivity contribution in [3.05, 3.63) is 66.8 Å². The fourth-order valence-corrected chi connectivity index (χ4v) is 8.24. The minimum Gasteiger partial charge on any atom is -0.436 e. The van der Waals surface area contributed by atoms with Gasteiger partial charge in [-0.25, -0.2) is 9.88 Å². The summed E-state index contributed by atoms with van der Waals surface area (Å²) in [6, 6.07) is 12.3. The largest absolute Gasteiger partial charge is 0.436 e. The van der Waals surface area contributed by atoms with E-state index < -0.39 is 0 Å². The normalized spacial score (nSPS) is 35.4. The molecule has 4 amide bonds. The minimum atomic E-state index is -0.257. The Hall–Kier alpha value is -4.33. The Bertz CT molecular complexity index is 1660. The van der Waals surface area contributed by atoms with E-state index in [9.17, 15) is 19.2 Å². The molecule has 9 rings (SSSR count). The molecule has 4 fully saturated rings. The molecule has 3 heterocycles. The first-order valence-corrected chi connectivity index (χ1v) is 13.6. The Morgan fingerprint density at radius 1 is 0.615 bits per heavy atom. The maximum absolute atomic E-state index is 13.2. The van der Waals surface area contributed by atoms with Crippen molar-refractivity contribution < 1.29 is 23.6 Å². The number of hydrogen-bond acceptors (Lipinski definition) is 6. The summed E-state index contributed by atoms with van der Waals surface area (Å²) in [6.07, 6.45) is 10.1. The van der Waals surface area contributed by atoms with Gasteiger partial charge in [0, 0.05) is 11.6 Å². The zero-order valence-electron chi connectivity index (χ0n) is 20.8. The summed E-state index contributed by atoms with van der Waals surface area (Å²) in [6.45, 7) is 0. The molecule has 0 N–H and O–H groups in total. The molecular formula is C31H23N3O5. The van der Waals surface area contributed by atoms with Gasteiger partial charge in [-0.1, -0.05) is 24.3 Å². The van der Waals surface area contributed by atoms with E-state index in [4.69, 9.17) is 4.42 Å². The minimum absolute atomic E-state index is 0.108. The molecule has 0 unspecified atom stereocenters. The molecule has 2 saturated carbocycles. The van der Waals surface area contributed by atoms with Gasteiger partial charge in [0.1, 0.15) is 5.52 Å². The highest BCUT2D eigenvalue weighted by Gasteiger charge is 2.60. The number of benzene rings is 2. The first-order chi connectivity index (χ1) is 19.0. The van der Waals surface area contributed by atoms with Crippen molar-refractivity contribution in [2.75, 3.05) is 9.80 Å². The third-order valence-electron chi connectivity index (χ3n) is 9.94. The molecule has 8 heteroatoms. The maximum atomic E-state index is 13.2. The van der Waals surface area contributed by atoms with E-state index in [0.29, 0.717) is 33.9 Å². The maximum Gasteiger partial charge on any atom is 0.238 e. The third kappa shape index (κ3) is 2.66. The lowest BCUT2D eigenvalue weighted by Crippen LogP contribution is -2.32. The summed E-state index contributed by atoms with van der Waals surface area (Å²) in [5.41, 5.74) is 2.85. The quantitative estimate of drug-likeness (QED) is 0.383. The molecule has 2 aliphatic heterocycles. The lowest BCUT2D eigenvalue weighted by atomic mass is 9.85. The van der Waals surface area contributed by atoms with E-state index in [2.05, 4.69) is 29.3 Å². The molecule has 4 bridgehead atoms. The van der Waals surface area contributed by atoms with Crippen molar-refractivity contribution in [3.63, 3.8) is 0 Å². The lowest BCUT2D eigenvalue weighted by molar-refractivity contribution is -0.124. The molecule has 39 heavy (non-hydrogen) atoms. The molecule has 192 valence electrons. The number of carbonyl (C=O) groups excluding carboxylic acids is 4. The number of hydrogen-bond donors (Lipinski definition) is 0. The van der Waals surface area contributed by atoms with Crippen molar-refractivity contribution in [3.8, 4) is 11.5 Å². The summed E-state index contributed by atoms with van der Waals surface area (Å²) in [4.78, 5) is 59.9. The molecule has 0 spiro atoms. The predicted molar refractivity (Wildman–Crippen MR) is 140 cm³/mol. The van der Waals surface area contributed by atoms with Crippen molar-refractivity contribution >= 4 is 46.1 Å². The van der Waals surface area contributed by atoms with Crippen molar-refractivity contribution in [2.24, 2.45) is 47.3 Å². The highest BCUT2D eigenvalue weighted by molar-refractivity contribution is 6.24. The SMILES string of the molecule is O=C1[C@@H]2[C@H](C(=O)N1c1ccc(-c3nc4ccc(N5C(=O)[C@H]6[C@H](C5=O)[C@H]5C=C[C@H]6C5)cc4o3)cc1)[C@H]1C=C[C@H]2C1. The summed E-state index contributed by atoms with van der Waals surface area (Å²) in [7, 11) is 0. The van der Waals surface area contributed by atoms with Crippen molar-refractivity contribution in [1.29, 1.82) is 0 Å². The lowest BCUT2D eigenvalue weighted by Gasteiger charge is -2.17. The van der Waals surface area contributed by atoms with Crippen LogP contribution < -0.4 is 9.80 Å². The van der Waals surface area contributed by atoms with Crippen LogP contribution in [0, 0.1) is 47.3 Å². The number of oxazole rings is 1. The van der Waals surface area contributed by atoms with Crippen LogP contribution in [-0.4, -0.2) is 28.6 Å². The fourth-order valence-electron chi connectivity index (χ4n) is 8.24. The summed E-state index contributed by atoms with van der Waals surface area (Å²) in [5.74, 6) is -0.435. The fraction of sp³-hybridized carbons (Fsp3) is 0.323. The molecular weight excluding hydrogens is 494 g/mol. The van der Waals surface area contributed by atoms with E-state index in [1.807, 2.05) is 0 Å². The first kappa shape index (κ1) is 21.6. The number of imide groups is 2. The second kappa shape index (κ2) is 7.20. The van der Waals surface area contributed by atoms with E-state index in [1.165, 1.54) is 9.80 Å². The van der Waals surface area contributed by atoms with Gasteiger partial charge in [-0.05, 0) is 72.9 Å². The standard InChI is InChI=1S/C31H23N3O5/c35-28-23-15-1-2-16(11-15)24(23)29(36)33(28)19-7-5-14(6-8-19)27-32-21-10-9-20(13-22(21)39-27)34-30(37)25-17-3-4-18(12-17)26(25)31(34)38/h1-10,13,15-18,23-26H,11-12H2/t15-,16-,17-,18-,23-,24+,25+,26+/m0/s1. The van der Waals surface area contributed by atoms with Crippen molar-refractivity contribution in [2.45, 2.75) is 12.8 Å². The smallest absolute Gasteiger partial charge is 0.238 e. The average Bonchev–Trinajstić information content (AvgIpc) is 3.79. The summed E-state index contributed by atoms with van der Waals surface area (Å²) < 4.78 is 6.05. The molecule has 8 nitrogen and oxygen atoms in total. The Labute approximate surface area is 223 Å². The zero-order chi connectivity index (χ0) is 26.2. The van der Waals surface area contributed by atoms with E-state index in [-0.39, 0.29) is 71.0 Å². The molecule has 0 radical (unpaired) electrons. The van der Waals surface area contributed by atoms with Gasteiger partial charge in [0.05, 0.1) is 35.0 Å². The third-order valence-corrected chi connectivity index (χ3v) is 9.94. The number of fused-ring (bicyclic) bond motifs is 11. The highest BCUT2D eigenvalue weighted by Crippen LogP contribution is 2.54.